The molecular formula is C13H21N. The lowest BCUT2D eigenvalue weighted by molar-refractivity contribution is 0.142. The maximum absolute atomic E-state index is 8.88. The van der Waals surface area contributed by atoms with Crippen molar-refractivity contribution in [3.63, 3.8) is 0 Å². The van der Waals surface area contributed by atoms with Crippen molar-refractivity contribution < 1.29 is 0 Å². The van der Waals surface area contributed by atoms with Crippen molar-refractivity contribution in [3.05, 3.63) is 0 Å². The summed E-state index contributed by atoms with van der Waals surface area (Å²) in [5.41, 5.74) is 0.670. The molecule has 0 heterocycles. The van der Waals surface area contributed by atoms with Crippen LogP contribution in [0.25, 0.3) is 0 Å². The Morgan fingerprint density at radius 1 is 0.857 bits per heavy atom. The highest BCUT2D eigenvalue weighted by Crippen LogP contribution is 2.47. The molecule has 1 spiro atoms. The standard InChI is InChI=1S/C13H21N/c14-11-12-5-9-13(10-6-12)7-3-1-2-4-8-13/h12H,1-10H2. The van der Waals surface area contributed by atoms with Crippen LogP contribution in [0.2, 0.25) is 0 Å². The SMILES string of the molecule is N#CC1CCC2(CCCCCC2)CC1. The van der Waals surface area contributed by atoms with E-state index < -0.39 is 0 Å². The van der Waals surface area contributed by atoms with Crippen LogP contribution in [0.1, 0.15) is 64.2 Å². The molecule has 0 atom stereocenters. The van der Waals surface area contributed by atoms with Crippen molar-refractivity contribution in [1.82, 2.24) is 0 Å². The molecule has 78 valence electrons. The Bertz CT molecular complexity index is 208. The predicted molar refractivity (Wildman–Crippen MR) is 57.7 cm³/mol. The smallest absolute Gasteiger partial charge is 0.0655 e. The second-order valence-electron chi connectivity index (χ2n) is 5.32. The van der Waals surface area contributed by atoms with Gasteiger partial charge in [-0.3, -0.25) is 0 Å². The van der Waals surface area contributed by atoms with E-state index in [1.54, 1.807) is 0 Å². The van der Waals surface area contributed by atoms with Crippen LogP contribution in [0.5, 0.6) is 0 Å². The van der Waals surface area contributed by atoms with E-state index in [4.69, 9.17) is 5.26 Å². The van der Waals surface area contributed by atoms with E-state index in [0.29, 0.717) is 11.3 Å². The maximum Gasteiger partial charge on any atom is 0.0655 e. The van der Waals surface area contributed by atoms with Gasteiger partial charge < -0.3 is 0 Å². The molecule has 14 heavy (non-hydrogen) atoms. The van der Waals surface area contributed by atoms with E-state index in [9.17, 15) is 0 Å². The summed E-state index contributed by atoms with van der Waals surface area (Å²) in [5, 5.41) is 8.88. The fourth-order valence-electron chi connectivity index (χ4n) is 3.34. The molecule has 0 N–H and O–H groups in total. The van der Waals surface area contributed by atoms with E-state index in [1.165, 1.54) is 64.2 Å². The fourth-order valence-corrected chi connectivity index (χ4v) is 3.34. The molecule has 2 aliphatic carbocycles. The van der Waals surface area contributed by atoms with Crippen LogP contribution in [0.4, 0.5) is 0 Å². The van der Waals surface area contributed by atoms with Gasteiger partial charge in [0.05, 0.1) is 6.07 Å². The van der Waals surface area contributed by atoms with Gasteiger partial charge in [0.1, 0.15) is 0 Å². The summed E-state index contributed by atoms with van der Waals surface area (Å²) in [5.74, 6) is 0.379. The van der Waals surface area contributed by atoms with E-state index >= 15 is 0 Å². The minimum Gasteiger partial charge on any atom is -0.198 e. The van der Waals surface area contributed by atoms with E-state index in [1.807, 2.05) is 0 Å². The summed E-state index contributed by atoms with van der Waals surface area (Å²) in [7, 11) is 0. The Kier molecular flexibility index (Phi) is 3.11. The molecule has 0 aromatic carbocycles. The van der Waals surface area contributed by atoms with Gasteiger partial charge in [-0.1, -0.05) is 25.7 Å². The summed E-state index contributed by atoms with van der Waals surface area (Å²) in [6, 6.07) is 2.44. The van der Waals surface area contributed by atoms with E-state index in [0.717, 1.165) is 0 Å². The van der Waals surface area contributed by atoms with Gasteiger partial charge in [0.2, 0.25) is 0 Å². The molecule has 0 bridgehead atoms. The number of nitriles is 1. The third kappa shape index (κ3) is 2.11. The molecule has 2 saturated carbocycles. The monoisotopic (exact) mass is 191 g/mol. The van der Waals surface area contributed by atoms with Crippen LogP contribution in [0.15, 0.2) is 0 Å². The van der Waals surface area contributed by atoms with Gasteiger partial charge in [-0.05, 0) is 43.9 Å². The Labute approximate surface area is 87.5 Å². The molecule has 2 aliphatic rings. The molecule has 1 nitrogen and oxygen atoms in total. The average Bonchev–Trinajstić information content (AvgIpc) is 2.46. The van der Waals surface area contributed by atoms with Crippen molar-refractivity contribution in [1.29, 1.82) is 5.26 Å². The average molecular weight is 191 g/mol. The van der Waals surface area contributed by atoms with Crippen LogP contribution in [0, 0.1) is 22.7 Å². The largest absolute Gasteiger partial charge is 0.198 e. The molecule has 0 aliphatic heterocycles. The molecule has 1 heteroatoms. The fraction of sp³-hybridized carbons (Fsp3) is 0.923. The number of hydrogen-bond acceptors (Lipinski definition) is 1. The van der Waals surface area contributed by atoms with Gasteiger partial charge >= 0.3 is 0 Å². The first-order valence-electron chi connectivity index (χ1n) is 6.24. The Hall–Kier alpha value is -0.510. The number of rotatable bonds is 0. The molecule has 0 amide bonds. The third-order valence-electron chi connectivity index (χ3n) is 4.39. The predicted octanol–water partition coefficient (Wildman–Crippen LogP) is 4.04. The first kappa shape index (κ1) is 10.0. The quantitative estimate of drug-likeness (QED) is 0.567. The normalized spacial score (nSPS) is 28.2. The second-order valence-corrected chi connectivity index (χ2v) is 5.32. The van der Waals surface area contributed by atoms with Crippen molar-refractivity contribution in [3.8, 4) is 6.07 Å². The van der Waals surface area contributed by atoms with Crippen molar-refractivity contribution >= 4 is 0 Å². The van der Waals surface area contributed by atoms with Crippen LogP contribution in [-0.4, -0.2) is 0 Å². The highest BCUT2D eigenvalue weighted by molar-refractivity contribution is 4.93. The minimum absolute atomic E-state index is 0.379. The van der Waals surface area contributed by atoms with Crippen LogP contribution < -0.4 is 0 Å². The van der Waals surface area contributed by atoms with Crippen LogP contribution in [0.3, 0.4) is 0 Å². The molecule has 2 fully saturated rings. The summed E-state index contributed by atoms with van der Waals surface area (Å²) < 4.78 is 0. The van der Waals surface area contributed by atoms with E-state index in [2.05, 4.69) is 6.07 Å². The third-order valence-corrected chi connectivity index (χ3v) is 4.39. The Morgan fingerprint density at radius 2 is 1.43 bits per heavy atom. The molecule has 2 rings (SSSR count). The molecule has 0 saturated heterocycles. The van der Waals surface area contributed by atoms with Gasteiger partial charge in [-0.15, -0.1) is 0 Å². The summed E-state index contributed by atoms with van der Waals surface area (Å²) in [6.45, 7) is 0. The second kappa shape index (κ2) is 4.34. The highest BCUT2D eigenvalue weighted by atomic mass is 14.4. The van der Waals surface area contributed by atoms with Gasteiger partial charge in [0, 0.05) is 5.92 Å². The van der Waals surface area contributed by atoms with Crippen molar-refractivity contribution in [2.24, 2.45) is 11.3 Å². The lowest BCUT2D eigenvalue weighted by Crippen LogP contribution is -2.26. The molecule has 0 aromatic rings. The maximum atomic E-state index is 8.88. The van der Waals surface area contributed by atoms with Gasteiger partial charge in [-0.25, -0.2) is 0 Å². The Morgan fingerprint density at radius 3 is 1.93 bits per heavy atom. The summed E-state index contributed by atoms with van der Waals surface area (Å²) in [4.78, 5) is 0. The van der Waals surface area contributed by atoms with Gasteiger partial charge in [0.15, 0.2) is 0 Å². The molecular weight excluding hydrogens is 170 g/mol. The summed E-state index contributed by atoms with van der Waals surface area (Å²) in [6.07, 6.45) is 13.7. The van der Waals surface area contributed by atoms with Gasteiger partial charge in [0.25, 0.3) is 0 Å². The molecule has 0 aromatic heterocycles. The summed E-state index contributed by atoms with van der Waals surface area (Å²) >= 11 is 0. The lowest BCUT2D eigenvalue weighted by atomic mass is 9.67. The zero-order chi connectivity index (χ0) is 9.86. The first-order chi connectivity index (χ1) is 6.85. The van der Waals surface area contributed by atoms with Crippen molar-refractivity contribution in [2.75, 3.05) is 0 Å². The van der Waals surface area contributed by atoms with Crippen molar-refractivity contribution in [2.45, 2.75) is 64.2 Å². The highest BCUT2D eigenvalue weighted by Gasteiger charge is 2.35. The zero-order valence-electron chi connectivity index (χ0n) is 9.10. The van der Waals surface area contributed by atoms with Crippen LogP contribution in [-0.2, 0) is 0 Å². The van der Waals surface area contributed by atoms with E-state index in [-0.39, 0.29) is 0 Å². The topological polar surface area (TPSA) is 23.8 Å². The minimum atomic E-state index is 0.379. The number of hydrogen-bond donors (Lipinski definition) is 0. The molecule has 0 radical (unpaired) electrons. The molecule has 0 unspecified atom stereocenters. The Balaban J connectivity index is 1.93. The lowest BCUT2D eigenvalue weighted by Gasteiger charge is -2.38. The number of nitrogens with zero attached hydrogens (tertiary/aromatic N) is 1. The van der Waals surface area contributed by atoms with Gasteiger partial charge in [-0.2, -0.15) is 5.26 Å². The van der Waals surface area contributed by atoms with Crippen LogP contribution >= 0.6 is 0 Å². The zero-order valence-corrected chi connectivity index (χ0v) is 9.10. The first-order valence-corrected chi connectivity index (χ1v) is 6.24.